The molecule has 96 valence electrons. The molecule has 0 amide bonds. The Labute approximate surface area is 110 Å². The van der Waals surface area contributed by atoms with Crippen LogP contribution < -0.4 is 11.3 Å². The topological polar surface area (TPSA) is 81.7 Å². The van der Waals surface area contributed by atoms with Crippen LogP contribution in [0.4, 0.5) is 0 Å². The lowest BCUT2D eigenvalue weighted by Gasteiger charge is -2.15. The number of benzene rings is 1. The first-order chi connectivity index (χ1) is 8.60. The van der Waals surface area contributed by atoms with E-state index < -0.39 is 0 Å². The van der Waals surface area contributed by atoms with E-state index >= 15 is 0 Å². The summed E-state index contributed by atoms with van der Waals surface area (Å²) in [6, 6.07) is 5.76. The molecule has 0 spiro atoms. The van der Waals surface area contributed by atoms with Crippen molar-refractivity contribution in [2.45, 2.75) is 19.4 Å². The number of aryl methyl sites for hydroxylation is 2. The standard InChI is InChI=1S/C11H15ClN6/c1-7-3-4-8(5-9(7)12)10(14-13)6-11-15-17-18(2)16-11/h3-5,10,14H,6,13H2,1-2H3. The number of aromatic nitrogens is 4. The molecule has 0 fully saturated rings. The maximum Gasteiger partial charge on any atom is 0.176 e. The molecule has 1 unspecified atom stereocenters. The fourth-order valence-electron chi connectivity index (χ4n) is 1.69. The zero-order valence-electron chi connectivity index (χ0n) is 10.3. The van der Waals surface area contributed by atoms with Crippen molar-refractivity contribution in [1.29, 1.82) is 0 Å². The Morgan fingerprint density at radius 1 is 1.50 bits per heavy atom. The normalized spacial score (nSPS) is 12.7. The van der Waals surface area contributed by atoms with E-state index in [2.05, 4.69) is 20.8 Å². The third kappa shape index (κ3) is 2.84. The van der Waals surface area contributed by atoms with Crippen molar-refractivity contribution in [3.05, 3.63) is 40.2 Å². The van der Waals surface area contributed by atoms with E-state index in [0.717, 1.165) is 16.1 Å². The molecule has 0 saturated heterocycles. The minimum atomic E-state index is -0.0905. The van der Waals surface area contributed by atoms with Gasteiger partial charge in [0, 0.05) is 11.4 Å². The van der Waals surface area contributed by atoms with E-state index in [9.17, 15) is 0 Å². The Morgan fingerprint density at radius 3 is 2.83 bits per heavy atom. The molecule has 7 heteroatoms. The van der Waals surface area contributed by atoms with Crippen LogP contribution >= 0.6 is 11.6 Å². The van der Waals surface area contributed by atoms with Crippen molar-refractivity contribution in [1.82, 2.24) is 25.6 Å². The Hall–Kier alpha value is -1.50. The zero-order chi connectivity index (χ0) is 13.1. The SMILES string of the molecule is Cc1ccc(C(Cc2nnn(C)n2)NN)cc1Cl. The van der Waals surface area contributed by atoms with Gasteiger partial charge in [0.1, 0.15) is 0 Å². The van der Waals surface area contributed by atoms with Gasteiger partial charge in [-0.2, -0.15) is 4.80 Å². The highest BCUT2D eigenvalue weighted by molar-refractivity contribution is 6.31. The van der Waals surface area contributed by atoms with Crippen LogP contribution in [-0.4, -0.2) is 20.2 Å². The lowest BCUT2D eigenvalue weighted by atomic mass is 10.0. The lowest BCUT2D eigenvalue weighted by Crippen LogP contribution is -2.30. The monoisotopic (exact) mass is 266 g/mol. The van der Waals surface area contributed by atoms with Crippen molar-refractivity contribution in [3.63, 3.8) is 0 Å². The predicted octanol–water partition coefficient (Wildman–Crippen LogP) is 0.919. The summed E-state index contributed by atoms with van der Waals surface area (Å²) in [5.41, 5.74) is 4.78. The van der Waals surface area contributed by atoms with Crippen LogP contribution in [0.25, 0.3) is 0 Å². The number of nitrogens with one attached hydrogen (secondary N) is 1. The largest absolute Gasteiger partial charge is 0.271 e. The molecule has 0 aliphatic heterocycles. The van der Waals surface area contributed by atoms with Gasteiger partial charge in [0.2, 0.25) is 0 Å². The molecular formula is C11H15ClN6. The molecule has 3 N–H and O–H groups in total. The highest BCUT2D eigenvalue weighted by Gasteiger charge is 2.14. The van der Waals surface area contributed by atoms with Crippen LogP contribution in [0.15, 0.2) is 18.2 Å². The van der Waals surface area contributed by atoms with Gasteiger partial charge in [0.15, 0.2) is 5.82 Å². The molecule has 0 bridgehead atoms. The van der Waals surface area contributed by atoms with Crippen LogP contribution in [0.1, 0.15) is 23.0 Å². The number of halogens is 1. The fourth-order valence-corrected chi connectivity index (χ4v) is 1.88. The average molecular weight is 267 g/mol. The fraction of sp³-hybridized carbons (Fsp3) is 0.364. The third-order valence-corrected chi connectivity index (χ3v) is 3.14. The molecule has 1 aromatic carbocycles. The molecule has 2 rings (SSSR count). The van der Waals surface area contributed by atoms with E-state index in [0.29, 0.717) is 12.2 Å². The molecule has 2 aromatic rings. The van der Waals surface area contributed by atoms with Crippen LogP contribution in [0.3, 0.4) is 0 Å². The summed E-state index contributed by atoms with van der Waals surface area (Å²) in [5, 5.41) is 12.6. The van der Waals surface area contributed by atoms with Gasteiger partial charge in [-0.1, -0.05) is 23.7 Å². The van der Waals surface area contributed by atoms with E-state index in [4.69, 9.17) is 17.4 Å². The molecule has 0 saturated carbocycles. The van der Waals surface area contributed by atoms with Crippen molar-refractivity contribution >= 4 is 11.6 Å². The smallest absolute Gasteiger partial charge is 0.176 e. The van der Waals surface area contributed by atoms with Crippen molar-refractivity contribution in [3.8, 4) is 0 Å². The van der Waals surface area contributed by atoms with Crippen LogP contribution in [0, 0.1) is 6.92 Å². The Balaban J connectivity index is 2.19. The van der Waals surface area contributed by atoms with Gasteiger partial charge >= 0.3 is 0 Å². The van der Waals surface area contributed by atoms with Gasteiger partial charge in [0.05, 0.1) is 13.1 Å². The number of nitrogens with two attached hydrogens (primary N) is 1. The van der Waals surface area contributed by atoms with Crippen molar-refractivity contribution in [2.24, 2.45) is 12.9 Å². The molecule has 1 aromatic heterocycles. The highest BCUT2D eigenvalue weighted by atomic mass is 35.5. The first kappa shape index (κ1) is 12.9. The number of hydrazine groups is 1. The van der Waals surface area contributed by atoms with E-state index in [1.54, 1.807) is 7.05 Å². The van der Waals surface area contributed by atoms with Crippen LogP contribution in [0.5, 0.6) is 0 Å². The van der Waals surface area contributed by atoms with Crippen molar-refractivity contribution in [2.75, 3.05) is 0 Å². The minimum absolute atomic E-state index is 0.0905. The third-order valence-electron chi connectivity index (χ3n) is 2.74. The quantitative estimate of drug-likeness (QED) is 0.635. The van der Waals surface area contributed by atoms with Crippen LogP contribution in [0.2, 0.25) is 5.02 Å². The van der Waals surface area contributed by atoms with E-state index in [1.807, 2.05) is 25.1 Å². The second kappa shape index (κ2) is 5.43. The summed E-state index contributed by atoms with van der Waals surface area (Å²) in [4.78, 5) is 1.42. The number of rotatable bonds is 4. The highest BCUT2D eigenvalue weighted by Crippen LogP contribution is 2.22. The molecular weight excluding hydrogens is 252 g/mol. The first-order valence-corrected chi connectivity index (χ1v) is 5.93. The van der Waals surface area contributed by atoms with Crippen molar-refractivity contribution < 1.29 is 0 Å². The predicted molar refractivity (Wildman–Crippen MR) is 68.8 cm³/mol. The van der Waals surface area contributed by atoms with Gasteiger partial charge in [-0.05, 0) is 29.3 Å². The molecule has 0 radical (unpaired) electrons. The number of tetrazole rings is 1. The average Bonchev–Trinajstić information content (AvgIpc) is 2.75. The molecule has 0 aliphatic carbocycles. The van der Waals surface area contributed by atoms with Gasteiger partial charge < -0.3 is 0 Å². The molecule has 0 aliphatic rings. The summed E-state index contributed by atoms with van der Waals surface area (Å²) >= 11 is 6.11. The number of nitrogens with zero attached hydrogens (tertiary/aromatic N) is 4. The minimum Gasteiger partial charge on any atom is -0.271 e. The van der Waals surface area contributed by atoms with Gasteiger partial charge in [-0.3, -0.25) is 11.3 Å². The van der Waals surface area contributed by atoms with Gasteiger partial charge in [-0.25, -0.2) is 0 Å². The van der Waals surface area contributed by atoms with Crippen LogP contribution in [-0.2, 0) is 13.5 Å². The summed E-state index contributed by atoms with van der Waals surface area (Å²) in [5.74, 6) is 6.21. The number of hydrogen-bond donors (Lipinski definition) is 2. The first-order valence-electron chi connectivity index (χ1n) is 5.55. The van der Waals surface area contributed by atoms with Gasteiger partial charge in [-0.15, -0.1) is 10.2 Å². The molecule has 1 heterocycles. The summed E-state index contributed by atoms with van der Waals surface area (Å²) in [6.07, 6.45) is 0.559. The number of hydrogen-bond acceptors (Lipinski definition) is 5. The lowest BCUT2D eigenvalue weighted by molar-refractivity contribution is 0.536. The second-order valence-corrected chi connectivity index (χ2v) is 4.53. The maximum absolute atomic E-state index is 6.11. The van der Waals surface area contributed by atoms with E-state index in [-0.39, 0.29) is 6.04 Å². The molecule has 1 atom stereocenters. The second-order valence-electron chi connectivity index (χ2n) is 4.13. The Kier molecular flexibility index (Phi) is 3.90. The van der Waals surface area contributed by atoms with E-state index in [1.165, 1.54) is 4.80 Å². The van der Waals surface area contributed by atoms with Gasteiger partial charge in [0.25, 0.3) is 0 Å². The Bertz CT molecular complexity index is 538. The summed E-state index contributed by atoms with van der Waals surface area (Å²) < 4.78 is 0. The molecule has 6 nitrogen and oxygen atoms in total. The molecule has 18 heavy (non-hydrogen) atoms. The zero-order valence-corrected chi connectivity index (χ0v) is 11.0. The Morgan fingerprint density at radius 2 is 2.28 bits per heavy atom. The summed E-state index contributed by atoms with van der Waals surface area (Å²) in [7, 11) is 1.73. The maximum atomic E-state index is 6.11. The summed E-state index contributed by atoms with van der Waals surface area (Å²) in [6.45, 7) is 1.96.